The van der Waals surface area contributed by atoms with Gasteiger partial charge in [-0.25, -0.2) is 18.4 Å². The summed E-state index contributed by atoms with van der Waals surface area (Å²) in [5.41, 5.74) is 4.33. The summed E-state index contributed by atoms with van der Waals surface area (Å²) < 4.78 is 30.6. The number of alkyl halides is 2. The number of hydrogen-bond donors (Lipinski definition) is 3. The first-order chi connectivity index (χ1) is 16.2. The Hall–Kier alpha value is -3.49. The van der Waals surface area contributed by atoms with E-state index >= 15 is 0 Å². The molecule has 0 spiro atoms. The summed E-state index contributed by atoms with van der Waals surface area (Å²) >= 11 is 0. The third-order valence-corrected chi connectivity index (χ3v) is 5.90. The number of benzene rings is 2. The molecule has 1 unspecified atom stereocenters. The van der Waals surface area contributed by atoms with Crippen molar-refractivity contribution in [2.24, 2.45) is 5.92 Å². The molecule has 0 bridgehead atoms. The number of carbonyl (C=O) groups excluding carboxylic acids is 2. The molecule has 0 aliphatic heterocycles. The fourth-order valence-corrected chi connectivity index (χ4v) is 4.10. The first kappa shape index (κ1) is 25.1. The summed E-state index contributed by atoms with van der Waals surface area (Å²) in [6.07, 6.45) is -4.85. The Labute approximate surface area is 196 Å². The van der Waals surface area contributed by atoms with Gasteiger partial charge in [-0.15, -0.1) is 0 Å². The van der Waals surface area contributed by atoms with Crippen molar-refractivity contribution >= 4 is 18.0 Å². The van der Waals surface area contributed by atoms with Crippen LogP contribution < -0.4 is 10.6 Å². The Morgan fingerprint density at radius 2 is 1.53 bits per heavy atom. The van der Waals surface area contributed by atoms with Gasteiger partial charge in [0.05, 0.1) is 0 Å². The van der Waals surface area contributed by atoms with Gasteiger partial charge in [0.2, 0.25) is 12.3 Å². The van der Waals surface area contributed by atoms with Gasteiger partial charge in [-0.2, -0.15) is 0 Å². The van der Waals surface area contributed by atoms with E-state index in [9.17, 15) is 23.2 Å². The van der Waals surface area contributed by atoms with Gasteiger partial charge in [0.25, 0.3) is 0 Å². The summed E-state index contributed by atoms with van der Waals surface area (Å²) in [4.78, 5) is 35.9. The average Bonchev–Trinajstić information content (AvgIpc) is 3.10. The second-order valence-corrected chi connectivity index (χ2v) is 8.61. The minimum atomic E-state index is -2.87. The molecule has 34 heavy (non-hydrogen) atoms. The van der Waals surface area contributed by atoms with Crippen molar-refractivity contribution in [3.05, 3.63) is 59.7 Å². The number of fused-ring (bicyclic) bond motifs is 3. The molecule has 2 aromatic rings. The highest BCUT2D eigenvalue weighted by Gasteiger charge is 2.30. The Bertz CT molecular complexity index is 998. The number of aliphatic carboxylic acids is 1. The fourth-order valence-electron chi connectivity index (χ4n) is 4.10. The minimum Gasteiger partial charge on any atom is -0.480 e. The van der Waals surface area contributed by atoms with Crippen molar-refractivity contribution < 1.29 is 33.0 Å². The first-order valence-corrected chi connectivity index (χ1v) is 11.1. The van der Waals surface area contributed by atoms with E-state index in [0.717, 1.165) is 22.3 Å². The highest BCUT2D eigenvalue weighted by atomic mass is 19.3. The van der Waals surface area contributed by atoms with Crippen LogP contribution in [0.15, 0.2) is 48.5 Å². The predicted molar refractivity (Wildman–Crippen MR) is 122 cm³/mol. The number of carbonyl (C=O) groups is 3. The van der Waals surface area contributed by atoms with Crippen LogP contribution in [0.3, 0.4) is 0 Å². The van der Waals surface area contributed by atoms with Gasteiger partial charge in [-0.1, -0.05) is 62.4 Å². The Morgan fingerprint density at radius 1 is 0.971 bits per heavy atom. The summed E-state index contributed by atoms with van der Waals surface area (Å²) in [7, 11) is 0. The molecule has 2 amide bonds. The van der Waals surface area contributed by atoms with E-state index in [1.165, 1.54) is 0 Å². The van der Waals surface area contributed by atoms with E-state index in [1.807, 2.05) is 48.5 Å². The molecule has 7 nitrogen and oxygen atoms in total. The normalized spacial score (nSPS) is 14.3. The van der Waals surface area contributed by atoms with E-state index in [-0.39, 0.29) is 24.9 Å². The smallest absolute Gasteiger partial charge is 0.407 e. The van der Waals surface area contributed by atoms with Crippen molar-refractivity contribution in [2.45, 2.75) is 51.1 Å². The van der Waals surface area contributed by atoms with E-state index in [0.29, 0.717) is 0 Å². The number of hydrogen-bond acceptors (Lipinski definition) is 4. The molecule has 1 aliphatic carbocycles. The molecule has 0 radical (unpaired) electrons. The number of alkyl carbamates (subject to hydrolysis) is 1. The van der Waals surface area contributed by atoms with Gasteiger partial charge in [-0.3, -0.25) is 4.79 Å². The quantitative estimate of drug-likeness (QED) is 0.480. The van der Waals surface area contributed by atoms with Crippen LogP contribution in [-0.4, -0.2) is 48.2 Å². The number of amides is 2. The molecule has 0 heterocycles. The van der Waals surface area contributed by atoms with Crippen LogP contribution in [0.1, 0.15) is 43.7 Å². The zero-order valence-corrected chi connectivity index (χ0v) is 19.0. The maximum atomic E-state index is 12.6. The van der Waals surface area contributed by atoms with E-state index in [2.05, 4.69) is 10.6 Å². The van der Waals surface area contributed by atoms with Gasteiger partial charge in [0.15, 0.2) is 0 Å². The van der Waals surface area contributed by atoms with Crippen LogP contribution in [0.25, 0.3) is 11.1 Å². The molecule has 0 saturated heterocycles. The van der Waals surface area contributed by atoms with Gasteiger partial charge >= 0.3 is 12.1 Å². The Morgan fingerprint density at radius 3 is 2.03 bits per heavy atom. The predicted octanol–water partition coefficient (Wildman–Crippen LogP) is 4.16. The molecule has 1 aliphatic rings. The zero-order chi connectivity index (χ0) is 24.8. The number of nitrogens with one attached hydrogen (secondary N) is 2. The van der Waals surface area contributed by atoms with Crippen LogP contribution in [0.2, 0.25) is 0 Å². The van der Waals surface area contributed by atoms with Gasteiger partial charge in [-0.05, 0) is 28.2 Å². The standard InChI is InChI=1S/C25H28F2N2O5/c1-14(2)20(12-23(30)28-21(24(31)32)11-22(26)27)29-25(33)34-13-19-17-9-5-3-7-15(17)16-8-4-6-10-18(16)19/h3-10,14,19-22H,11-13H2,1-2H3,(H,28,30)(H,29,33)(H,31,32)/t20-,21?/m1/s1. The highest BCUT2D eigenvalue weighted by Crippen LogP contribution is 2.44. The lowest BCUT2D eigenvalue weighted by Crippen LogP contribution is -2.47. The SMILES string of the molecule is CC(C)[C@@H](CC(=O)NC(CC(F)F)C(=O)O)NC(=O)OCC1c2ccccc2-c2ccccc21. The molecule has 3 N–H and O–H groups in total. The van der Waals surface area contributed by atoms with Crippen LogP contribution >= 0.6 is 0 Å². The van der Waals surface area contributed by atoms with Crippen molar-refractivity contribution in [2.75, 3.05) is 6.61 Å². The molecule has 2 atom stereocenters. The molecular formula is C25H28F2N2O5. The topological polar surface area (TPSA) is 105 Å². The van der Waals surface area contributed by atoms with Crippen molar-refractivity contribution in [1.82, 2.24) is 10.6 Å². The molecule has 2 aromatic carbocycles. The van der Waals surface area contributed by atoms with Crippen LogP contribution in [0.5, 0.6) is 0 Å². The van der Waals surface area contributed by atoms with Crippen LogP contribution in [0.4, 0.5) is 13.6 Å². The monoisotopic (exact) mass is 474 g/mol. The summed E-state index contributed by atoms with van der Waals surface area (Å²) in [6, 6.07) is 13.5. The molecule has 3 rings (SSSR count). The minimum absolute atomic E-state index is 0.104. The maximum absolute atomic E-state index is 12.6. The molecular weight excluding hydrogens is 446 g/mol. The third-order valence-electron chi connectivity index (χ3n) is 5.90. The fraction of sp³-hybridized carbons (Fsp3) is 0.400. The van der Waals surface area contributed by atoms with Crippen LogP contribution in [0, 0.1) is 5.92 Å². The number of ether oxygens (including phenoxy) is 1. The lowest BCUT2D eigenvalue weighted by Gasteiger charge is -2.23. The highest BCUT2D eigenvalue weighted by molar-refractivity contribution is 5.84. The molecule has 0 saturated carbocycles. The van der Waals surface area contributed by atoms with Crippen molar-refractivity contribution in [3.63, 3.8) is 0 Å². The Kier molecular flexibility index (Phi) is 8.20. The second-order valence-electron chi connectivity index (χ2n) is 8.61. The Balaban J connectivity index is 1.59. The third kappa shape index (κ3) is 6.09. The molecule has 0 aromatic heterocycles. The van der Waals surface area contributed by atoms with Gasteiger partial charge in [0, 0.05) is 24.8 Å². The maximum Gasteiger partial charge on any atom is 0.407 e. The number of rotatable bonds is 10. The van der Waals surface area contributed by atoms with E-state index in [4.69, 9.17) is 9.84 Å². The van der Waals surface area contributed by atoms with Crippen molar-refractivity contribution in [1.29, 1.82) is 0 Å². The van der Waals surface area contributed by atoms with E-state index < -0.39 is 42.9 Å². The van der Waals surface area contributed by atoms with Gasteiger partial charge in [0.1, 0.15) is 12.6 Å². The molecule has 0 fully saturated rings. The summed E-state index contributed by atoms with van der Waals surface area (Å²) in [5.74, 6) is -2.60. The van der Waals surface area contributed by atoms with Crippen LogP contribution in [-0.2, 0) is 14.3 Å². The second kappa shape index (κ2) is 11.1. The number of carboxylic acid groups (broad SMARTS) is 1. The molecule has 182 valence electrons. The molecule has 9 heteroatoms. The lowest BCUT2D eigenvalue weighted by atomic mass is 9.98. The van der Waals surface area contributed by atoms with Crippen molar-refractivity contribution in [3.8, 4) is 11.1 Å². The summed E-state index contributed by atoms with van der Waals surface area (Å²) in [5, 5.41) is 13.8. The largest absolute Gasteiger partial charge is 0.480 e. The first-order valence-electron chi connectivity index (χ1n) is 11.1. The zero-order valence-electron chi connectivity index (χ0n) is 19.0. The number of halogens is 2. The lowest BCUT2D eigenvalue weighted by molar-refractivity contribution is -0.143. The number of carboxylic acids is 1. The average molecular weight is 475 g/mol. The van der Waals surface area contributed by atoms with E-state index in [1.54, 1.807) is 13.8 Å². The van der Waals surface area contributed by atoms with Gasteiger partial charge < -0.3 is 20.5 Å². The summed E-state index contributed by atoms with van der Waals surface area (Å²) in [6.45, 7) is 3.65.